The van der Waals surface area contributed by atoms with Crippen molar-refractivity contribution in [3.05, 3.63) is 41.2 Å². The van der Waals surface area contributed by atoms with Gasteiger partial charge >= 0.3 is 5.97 Å². The minimum atomic E-state index is -1.08. The number of carboxylic acids is 1. The fraction of sp³-hybridized carbons (Fsp3) is 0.286. The Balaban J connectivity index is 1.80. The van der Waals surface area contributed by atoms with Crippen LogP contribution in [0.3, 0.4) is 0 Å². The van der Waals surface area contributed by atoms with Crippen molar-refractivity contribution in [2.45, 2.75) is 12.2 Å². The Morgan fingerprint density at radius 1 is 1.24 bits per heavy atom. The first-order valence-electron chi connectivity index (χ1n) is 6.30. The van der Waals surface area contributed by atoms with Crippen LogP contribution < -0.4 is 5.32 Å². The topological polar surface area (TPSA) is 75.6 Å². The molecular weight excluding hydrogens is 301 g/mol. The first kappa shape index (κ1) is 14.0. The first-order chi connectivity index (χ1) is 9.97. The summed E-state index contributed by atoms with van der Waals surface area (Å²) >= 11 is 5.64. The lowest BCUT2D eigenvalue weighted by molar-refractivity contribution is -0.145. The zero-order valence-corrected chi connectivity index (χ0v) is 11.4. The maximum Gasteiger partial charge on any atom is 0.310 e. The average Bonchev–Trinajstić information content (AvgIpc) is 3.03. The van der Waals surface area contributed by atoms with Crippen LogP contribution in [-0.2, 0) is 14.3 Å². The van der Waals surface area contributed by atoms with Crippen molar-refractivity contribution >= 4 is 29.2 Å². The van der Waals surface area contributed by atoms with Gasteiger partial charge in [0, 0.05) is 5.69 Å². The third kappa shape index (κ3) is 2.41. The van der Waals surface area contributed by atoms with Crippen molar-refractivity contribution in [3.63, 3.8) is 0 Å². The Hall–Kier alpha value is -1.92. The SMILES string of the molecule is O=C(O)[C@@H]1[C@@H](C(=O)Nc2ccc(F)c(Cl)c2)[C@H]2C=C[C@H]1O2. The molecule has 3 rings (SSSR count). The van der Waals surface area contributed by atoms with E-state index in [1.165, 1.54) is 12.1 Å². The largest absolute Gasteiger partial charge is 0.481 e. The monoisotopic (exact) mass is 311 g/mol. The van der Waals surface area contributed by atoms with Crippen LogP contribution in [0.25, 0.3) is 0 Å². The predicted molar refractivity (Wildman–Crippen MR) is 72.5 cm³/mol. The molecule has 1 aromatic rings. The zero-order valence-electron chi connectivity index (χ0n) is 10.6. The number of rotatable bonds is 3. The van der Waals surface area contributed by atoms with Crippen LogP contribution in [0.5, 0.6) is 0 Å². The molecule has 0 unspecified atom stereocenters. The number of hydrogen-bond acceptors (Lipinski definition) is 3. The number of nitrogens with one attached hydrogen (secondary N) is 1. The third-order valence-corrected chi connectivity index (χ3v) is 3.96. The van der Waals surface area contributed by atoms with E-state index >= 15 is 0 Å². The molecule has 1 saturated heterocycles. The summed E-state index contributed by atoms with van der Waals surface area (Å²) in [6.45, 7) is 0. The highest BCUT2D eigenvalue weighted by molar-refractivity contribution is 6.31. The molecule has 21 heavy (non-hydrogen) atoms. The number of carbonyl (C=O) groups excluding carboxylic acids is 1. The second kappa shape index (κ2) is 5.13. The lowest BCUT2D eigenvalue weighted by Crippen LogP contribution is -2.39. The number of aliphatic carboxylic acids is 1. The fourth-order valence-electron chi connectivity index (χ4n) is 2.71. The van der Waals surface area contributed by atoms with Crippen LogP contribution in [0.1, 0.15) is 0 Å². The van der Waals surface area contributed by atoms with Gasteiger partial charge in [-0.3, -0.25) is 9.59 Å². The molecule has 2 aliphatic rings. The standard InChI is InChI=1S/C14H11ClFNO4/c15-7-5-6(1-2-8(7)16)17-13(18)11-9-3-4-10(21-9)12(11)14(19)20/h1-5,9-12H,(H,17,18)(H,19,20)/t9-,10-,11+,12+/m1/s1. The number of fused-ring (bicyclic) bond motifs is 2. The van der Waals surface area contributed by atoms with Crippen LogP contribution in [0.4, 0.5) is 10.1 Å². The number of hydrogen-bond donors (Lipinski definition) is 2. The summed E-state index contributed by atoms with van der Waals surface area (Å²) in [7, 11) is 0. The molecule has 1 amide bonds. The van der Waals surface area contributed by atoms with Crippen LogP contribution in [0.15, 0.2) is 30.4 Å². The van der Waals surface area contributed by atoms with Gasteiger partial charge in [0.1, 0.15) is 11.7 Å². The molecule has 5 nitrogen and oxygen atoms in total. The minimum absolute atomic E-state index is 0.119. The molecule has 0 radical (unpaired) electrons. The second-order valence-corrected chi connectivity index (χ2v) is 5.37. The van der Waals surface area contributed by atoms with Crippen LogP contribution in [0, 0.1) is 17.7 Å². The summed E-state index contributed by atoms with van der Waals surface area (Å²) in [5.41, 5.74) is 0.308. The number of ether oxygens (including phenoxy) is 1. The molecule has 4 atom stereocenters. The number of anilines is 1. The zero-order chi connectivity index (χ0) is 15.1. The number of carboxylic acid groups (broad SMARTS) is 1. The normalized spacial score (nSPS) is 29.6. The van der Waals surface area contributed by atoms with E-state index in [0.717, 1.165) is 6.07 Å². The van der Waals surface area contributed by atoms with Crippen LogP contribution in [0.2, 0.25) is 5.02 Å². The molecule has 0 saturated carbocycles. The average molecular weight is 312 g/mol. The molecule has 1 aromatic carbocycles. The first-order valence-corrected chi connectivity index (χ1v) is 6.67. The lowest BCUT2D eigenvalue weighted by atomic mass is 9.82. The van der Waals surface area contributed by atoms with Crippen molar-refractivity contribution in [1.29, 1.82) is 0 Å². The molecular formula is C14H11ClFNO4. The van der Waals surface area contributed by atoms with E-state index in [4.69, 9.17) is 16.3 Å². The van der Waals surface area contributed by atoms with Crippen molar-refractivity contribution in [2.75, 3.05) is 5.32 Å². The number of halogens is 2. The van der Waals surface area contributed by atoms with Gasteiger partial charge in [-0.15, -0.1) is 0 Å². The van der Waals surface area contributed by atoms with Gasteiger partial charge < -0.3 is 15.2 Å². The quantitative estimate of drug-likeness (QED) is 0.838. The van der Waals surface area contributed by atoms with Crippen molar-refractivity contribution < 1.29 is 23.8 Å². The molecule has 1 fully saturated rings. The molecule has 2 heterocycles. The molecule has 0 aliphatic carbocycles. The highest BCUT2D eigenvalue weighted by atomic mass is 35.5. The number of amides is 1. The van der Waals surface area contributed by atoms with Gasteiger partial charge in [0.15, 0.2) is 0 Å². The summed E-state index contributed by atoms with van der Waals surface area (Å²) < 4.78 is 18.5. The Kier molecular flexibility index (Phi) is 3.43. The Morgan fingerprint density at radius 3 is 2.52 bits per heavy atom. The van der Waals surface area contributed by atoms with Gasteiger partial charge in [-0.2, -0.15) is 0 Å². The van der Waals surface area contributed by atoms with E-state index in [1.54, 1.807) is 12.2 Å². The maximum absolute atomic E-state index is 13.1. The second-order valence-electron chi connectivity index (χ2n) is 4.96. The number of benzene rings is 1. The van der Waals surface area contributed by atoms with Gasteiger partial charge in [-0.05, 0) is 18.2 Å². The van der Waals surface area contributed by atoms with Crippen LogP contribution in [-0.4, -0.2) is 29.2 Å². The van der Waals surface area contributed by atoms with E-state index in [9.17, 15) is 19.1 Å². The summed E-state index contributed by atoms with van der Waals surface area (Å²) in [6.07, 6.45) is 2.21. The van der Waals surface area contributed by atoms with E-state index in [0.29, 0.717) is 5.69 Å². The summed E-state index contributed by atoms with van der Waals surface area (Å²) in [5.74, 6) is -3.90. The third-order valence-electron chi connectivity index (χ3n) is 3.67. The van der Waals surface area contributed by atoms with Crippen LogP contribution >= 0.6 is 11.6 Å². The highest BCUT2D eigenvalue weighted by Gasteiger charge is 2.53. The molecule has 0 aromatic heterocycles. The smallest absolute Gasteiger partial charge is 0.310 e. The molecule has 2 bridgehead atoms. The summed E-state index contributed by atoms with van der Waals surface area (Å²) in [5, 5.41) is 11.7. The number of carbonyl (C=O) groups is 2. The lowest BCUT2D eigenvalue weighted by Gasteiger charge is -2.21. The van der Waals surface area contributed by atoms with Crippen molar-refractivity contribution in [3.8, 4) is 0 Å². The van der Waals surface area contributed by atoms with Gasteiger partial charge in [0.05, 0.1) is 23.1 Å². The van der Waals surface area contributed by atoms with Gasteiger partial charge in [0.25, 0.3) is 0 Å². The van der Waals surface area contributed by atoms with E-state index < -0.39 is 41.7 Å². The maximum atomic E-state index is 13.1. The van der Waals surface area contributed by atoms with E-state index in [2.05, 4.69) is 5.32 Å². The molecule has 7 heteroatoms. The van der Waals surface area contributed by atoms with Gasteiger partial charge in [-0.1, -0.05) is 23.8 Å². The predicted octanol–water partition coefficient (Wildman–Crippen LogP) is 2.07. The highest BCUT2D eigenvalue weighted by Crippen LogP contribution is 2.39. The van der Waals surface area contributed by atoms with Crippen molar-refractivity contribution in [1.82, 2.24) is 0 Å². The molecule has 0 spiro atoms. The summed E-state index contributed by atoms with van der Waals surface area (Å²) in [4.78, 5) is 23.6. The molecule has 2 aliphatic heterocycles. The van der Waals surface area contributed by atoms with E-state index in [1.807, 2.05) is 0 Å². The van der Waals surface area contributed by atoms with Gasteiger partial charge in [0.2, 0.25) is 5.91 Å². The Labute approximate surface area is 124 Å². The van der Waals surface area contributed by atoms with E-state index in [-0.39, 0.29) is 5.02 Å². The van der Waals surface area contributed by atoms with Gasteiger partial charge in [-0.25, -0.2) is 4.39 Å². The minimum Gasteiger partial charge on any atom is -0.481 e. The Morgan fingerprint density at radius 2 is 1.90 bits per heavy atom. The summed E-state index contributed by atoms with van der Waals surface area (Å²) in [6, 6.07) is 3.76. The molecule has 110 valence electrons. The van der Waals surface area contributed by atoms with Crippen molar-refractivity contribution in [2.24, 2.45) is 11.8 Å². The fourth-order valence-corrected chi connectivity index (χ4v) is 2.90. The molecule has 2 N–H and O–H groups in total. The Bertz CT molecular complexity index is 648.